The quantitative estimate of drug-likeness (QED) is 0.934. The van der Waals surface area contributed by atoms with Gasteiger partial charge in [0, 0.05) is 24.7 Å². The second kappa shape index (κ2) is 6.52. The summed E-state index contributed by atoms with van der Waals surface area (Å²) in [4.78, 5) is 6.73. The zero-order valence-corrected chi connectivity index (χ0v) is 12.7. The summed E-state index contributed by atoms with van der Waals surface area (Å²) < 4.78 is 6.01. The average molecular weight is 285 g/mol. The van der Waals surface area contributed by atoms with Crippen LogP contribution in [0.5, 0.6) is 0 Å². The molecule has 0 spiro atoms. The summed E-state index contributed by atoms with van der Waals surface area (Å²) in [6.45, 7) is 5.85. The monoisotopic (exact) mass is 285 g/mol. The number of rotatable bonds is 4. The maximum absolute atomic E-state index is 6.01. The molecule has 1 saturated heterocycles. The van der Waals surface area contributed by atoms with Gasteiger partial charge in [0.15, 0.2) is 0 Å². The number of nitrogens with zero attached hydrogens (tertiary/aromatic N) is 2. The molecule has 0 saturated carbocycles. The highest BCUT2D eigenvalue weighted by molar-refractivity contribution is 5.79. The summed E-state index contributed by atoms with van der Waals surface area (Å²) in [7, 11) is 2.16. The van der Waals surface area contributed by atoms with E-state index in [0.29, 0.717) is 0 Å². The third kappa shape index (κ3) is 3.23. The predicted octanol–water partition coefficient (Wildman–Crippen LogP) is 2.22. The van der Waals surface area contributed by atoms with Gasteiger partial charge in [-0.15, -0.1) is 0 Å². The molecule has 3 rings (SSSR count). The lowest BCUT2D eigenvalue weighted by molar-refractivity contribution is -0.0389. The maximum atomic E-state index is 6.01. The van der Waals surface area contributed by atoms with E-state index in [2.05, 4.69) is 53.4 Å². The van der Waals surface area contributed by atoms with Gasteiger partial charge in [-0.05, 0) is 37.4 Å². The second-order valence-corrected chi connectivity index (χ2v) is 5.66. The molecule has 1 aromatic heterocycles. The molecule has 0 amide bonds. The van der Waals surface area contributed by atoms with Gasteiger partial charge < -0.3 is 15.0 Å². The van der Waals surface area contributed by atoms with Gasteiger partial charge in [-0.3, -0.25) is 4.98 Å². The Labute approximate surface area is 126 Å². The number of aromatic nitrogens is 1. The molecule has 1 N–H and O–H groups in total. The van der Waals surface area contributed by atoms with Gasteiger partial charge in [0.25, 0.3) is 0 Å². The first-order valence-electron chi connectivity index (χ1n) is 7.66. The standard InChI is InChI=1S/C17H23N3O/c1-3-18-17(16-12-20(2)9-10-21-16)14-6-7-15-13(11-14)5-4-8-19-15/h4-8,11,16-18H,3,9-10,12H2,1-2H3. The number of fused-ring (bicyclic) bond motifs is 1. The highest BCUT2D eigenvalue weighted by atomic mass is 16.5. The first-order chi connectivity index (χ1) is 10.3. The Hall–Kier alpha value is -1.49. The van der Waals surface area contributed by atoms with Crippen LogP contribution in [0.2, 0.25) is 0 Å². The molecule has 4 nitrogen and oxygen atoms in total. The topological polar surface area (TPSA) is 37.4 Å². The van der Waals surface area contributed by atoms with Crippen LogP contribution >= 0.6 is 0 Å². The van der Waals surface area contributed by atoms with Gasteiger partial charge in [-0.2, -0.15) is 0 Å². The SMILES string of the molecule is CCNC(c1ccc2ncccc2c1)C1CN(C)CCO1. The summed E-state index contributed by atoms with van der Waals surface area (Å²) in [6, 6.07) is 10.8. The molecule has 1 aromatic carbocycles. The van der Waals surface area contributed by atoms with Crippen LogP contribution in [0.3, 0.4) is 0 Å². The minimum absolute atomic E-state index is 0.192. The molecule has 0 aliphatic carbocycles. The smallest absolute Gasteiger partial charge is 0.0896 e. The van der Waals surface area contributed by atoms with Crippen LogP contribution in [-0.4, -0.2) is 49.3 Å². The van der Waals surface area contributed by atoms with Crippen LogP contribution in [0, 0.1) is 0 Å². The van der Waals surface area contributed by atoms with E-state index in [1.54, 1.807) is 0 Å². The van der Waals surface area contributed by atoms with Gasteiger partial charge in [0.1, 0.15) is 0 Å². The molecule has 112 valence electrons. The minimum atomic E-state index is 0.192. The summed E-state index contributed by atoms with van der Waals surface area (Å²) in [5.41, 5.74) is 2.32. The number of likely N-dealkylation sites (N-methyl/N-ethyl adjacent to an activating group) is 2. The zero-order chi connectivity index (χ0) is 14.7. The third-order valence-corrected chi connectivity index (χ3v) is 4.08. The molecule has 0 bridgehead atoms. The van der Waals surface area contributed by atoms with E-state index in [4.69, 9.17) is 4.74 Å². The van der Waals surface area contributed by atoms with E-state index in [1.165, 1.54) is 10.9 Å². The lowest BCUT2D eigenvalue weighted by atomic mass is 9.98. The van der Waals surface area contributed by atoms with Crippen LogP contribution in [0.4, 0.5) is 0 Å². The Balaban J connectivity index is 1.90. The number of hydrogen-bond acceptors (Lipinski definition) is 4. The van der Waals surface area contributed by atoms with Crippen molar-refractivity contribution in [2.45, 2.75) is 19.1 Å². The molecule has 0 radical (unpaired) electrons. The van der Waals surface area contributed by atoms with E-state index >= 15 is 0 Å². The number of nitrogens with one attached hydrogen (secondary N) is 1. The van der Waals surface area contributed by atoms with E-state index < -0.39 is 0 Å². The Morgan fingerprint density at radius 2 is 2.33 bits per heavy atom. The van der Waals surface area contributed by atoms with Crippen molar-refractivity contribution in [1.82, 2.24) is 15.2 Å². The molecule has 1 aliphatic rings. The molecule has 1 aliphatic heterocycles. The molecule has 2 unspecified atom stereocenters. The Bertz CT molecular complexity index is 601. The molecular weight excluding hydrogens is 262 g/mol. The molecule has 2 aromatic rings. The van der Waals surface area contributed by atoms with Crippen molar-refractivity contribution in [1.29, 1.82) is 0 Å². The van der Waals surface area contributed by atoms with Crippen molar-refractivity contribution in [3.05, 3.63) is 42.1 Å². The fraction of sp³-hybridized carbons (Fsp3) is 0.471. The van der Waals surface area contributed by atoms with Crippen molar-refractivity contribution >= 4 is 10.9 Å². The number of hydrogen-bond donors (Lipinski definition) is 1. The summed E-state index contributed by atoms with van der Waals surface area (Å²) in [6.07, 6.45) is 2.03. The van der Waals surface area contributed by atoms with E-state index in [0.717, 1.165) is 31.8 Å². The van der Waals surface area contributed by atoms with Gasteiger partial charge in [0.05, 0.1) is 24.3 Å². The van der Waals surface area contributed by atoms with Crippen LogP contribution in [0.25, 0.3) is 10.9 Å². The molecule has 2 atom stereocenters. The fourth-order valence-electron chi connectivity index (χ4n) is 2.98. The zero-order valence-electron chi connectivity index (χ0n) is 12.7. The van der Waals surface area contributed by atoms with Crippen LogP contribution in [0.15, 0.2) is 36.5 Å². The number of morpholine rings is 1. The molecule has 2 heterocycles. The minimum Gasteiger partial charge on any atom is -0.374 e. The van der Waals surface area contributed by atoms with Crippen molar-refractivity contribution in [3.8, 4) is 0 Å². The number of benzene rings is 1. The highest BCUT2D eigenvalue weighted by Gasteiger charge is 2.27. The van der Waals surface area contributed by atoms with Crippen molar-refractivity contribution in [2.75, 3.05) is 33.3 Å². The normalized spacial score (nSPS) is 21.5. The predicted molar refractivity (Wildman–Crippen MR) is 85.4 cm³/mol. The lowest BCUT2D eigenvalue weighted by Crippen LogP contribution is -2.46. The Morgan fingerprint density at radius 3 is 3.14 bits per heavy atom. The van der Waals surface area contributed by atoms with Crippen LogP contribution < -0.4 is 5.32 Å². The first kappa shape index (κ1) is 14.4. The molecular formula is C17H23N3O. The Kier molecular flexibility index (Phi) is 4.48. The fourth-order valence-corrected chi connectivity index (χ4v) is 2.98. The van der Waals surface area contributed by atoms with Crippen molar-refractivity contribution in [3.63, 3.8) is 0 Å². The van der Waals surface area contributed by atoms with E-state index in [-0.39, 0.29) is 12.1 Å². The van der Waals surface area contributed by atoms with Crippen LogP contribution in [0.1, 0.15) is 18.5 Å². The van der Waals surface area contributed by atoms with Gasteiger partial charge in [-0.25, -0.2) is 0 Å². The summed E-state index contributed by atoms with van der Waals surface area (Å²) in [5.74, 6) is 0. The number of pyridine rings is 1. The molecule has 1 fully saturated rings. The lowest BCUT2D eigenvalue weighted by Gasteiger charge is -2.35. The van der Waals surface area contributed by atoms with E-state index in [1.807, 2.05) is 12.3 Å². The summed E-state index contributed by atoms with van der Waals surface area (Å²) in [5, 5.41) is 4.76. The highest BCUT2D eigenvalue weighted by Crippen LogP contribution is 2.25. The summed E-state index contributed by atoms with van der Waals surface area (Å²) >= 11 is 0. The van der Waals surface area contributed by atoms with E-state index in [9.17, 15) is 0 Å². The number of ether oxygens (including phenoxy) is 1. The third-order valence-electron chi connectivity index (χ3n) is 4.08. The largest absolute Gasteiger partial charge is 0.374 e. The molecule has 21 heavy (non-hydrogen) atoms. The second-order valence-electron chi connectivity index (χ2n) is 5.66. The average Bonchev–Trinajstić information content (AvgIpc) is 2.52. The van der Waals surface area contributed by atoms with Gasteiger partial charge >= 0.3 is 0 Å². The van der Waals surface area contributed by atoms with Gasteiger partial charge in [0.2, 0.25) is 0 Å². The Morgan fingerprint density at radius 1 is 1.43 bits per heavy atom. The maximum Gasteiger partial charge on any atom is 0.0896 e. The van der Waals surface area contributed by atoms with Gasteiger partial charge in [-0.1, -0.05) is 19.1 Å². The van der Waals surface area contributed by atoms with Crippen LogP contribution in [-0.2, 0) is 4.74 Å². The molecule has 4 heteroatoms. The van der Waals surface area contributed by atoms with Crippen molar-refractivity contribution < 1.29 is 4.74 Å². The first-order valence-corrected chi connectivity index (χ1v) is 7.66. The van der Waals surface area contributed by atoms with Crippen molar-refractivity contribution in [2.24, 2.45) is 0 Å².